The van der Waals surface area contributed by atoms with E-state index in [9.17, 15) is 22.8 Å². The van der Waals surface area contributed by atoms with Gasteiger partial charge in [0.05, 0.1) is 4.90 Å². The number of hydrogen-bond acceptors (Lipinski definition) is 7. The van der Waals surface area contributed by atoms with Crippen molar-refractivity contribution in [3.8, 4) is 0 Å². The Hall–Kier alpha value is -3.50. The summed E-state index contributed by atoms with van der Waals surface area (Å²) in [4.78, 5) is 37.9. The fourth-order valence-electron chi connectivity index (χ4n) is 3.93. The highest BCUT2D eigenvalue weighted by molar-refractivity contribution is 7.89. The van der Waals surface area contributed by atoms with Crippen LogP contribution in [0.2, 0.25) is 0 Å². The normalized spacial score (nSPS) is 12.6. The number of hydrogen-bond donors (Lipinski definition) is 1. The lowest BCUT2D eigenvalue weighted by atomic mass is 10.0. The lowest BCUT2D eigenvalue weighted by molar-refractivity contribution is -0.148. The average molecular weight is 529 g/mol. The fourth-order valence-corrected chi connectivity index (χ4v) is 5.43. The average Bonchev–Trinajstić information content (AvgIpc) is 2.85. The summed E-state index contributed by atoms with van der Waals surface area (Å²) in [7, 11) is -3.75. The molecule has 0 fully saturated rings. The molecule has 9 nitrogen and oxygen atoms in total. The Bertz CT molecular complexity index is 1460. The van der Waals surface area contributed by atoms with Crippen molar-refractivity contribution in [2.75, 3.05) is 13.1 Å². The smallest absolute Gasteiger partial charge is 0.336 e. The van der Waals surface area contributed by atoms with Crippen LogP contribution < -0.4 is 10.9 Å². The van der Waals surface area contributed by atoms with Crippen molar-refractivity contribution in [2.24, 2.45) is 5.92 Å². The second-order valence-electron chi connectivity index (χ2n) is 9.01. The molecular weight excluding hydrogens is 496 g/mol. The number of rotatable bonds is 10. The van der Waals surface area contributed by atoms with Crippen molar-refractivity contribution in [1.29, 1.82) is 0 Å². The summed E-state index contributed by atoms with van der Waals surface area (Å²) in [5, 5.41) is 3.31. The second-order valence-corrected chi connectivity index (χ2v) is 10.9. The maximum Gasteiger partial charge on any atom is 0.336 e. The van der Waals surface area contributed by atoms with Gasteiger partial charge in [-0.25, -0.2) is 18.0 Å². The van der Waals surface area contributed by atoms with Crippen LogP contribution >= 0.6 is 0 Å². The third kappa shape index (κ3) is 6.44. The largest absolute Gasteiger partial charge is 0.459 e. The maximum atomic E-state index is 13.0. The summed E-state index contributed by atoms with van der Waals surface area (Å²) in [5.74, 6) is -1.60. The fraction of sp³-hybridized carbons (Fsp3) is 0.370. The van der Waals surface area contributed by atoms with Crippen LogP contribution in [0.5, 0.6) is 0 Å². The zero-order valence-electron chi connectivity index (χ0n) is 21.6. The molecular formula is C27H32N2O7S. The van der Waals surface area contributed by atoms with Gasteiger partial charge in [-0.1, -0.05) is 45.9 Å². The van der Waals surface area contributed by atoms with Gasteiger partial charge in [0, 0.05) is 35.7 Å². The monoisotopic (exact) mass is 528 g/mol. The predicted octanol–water partition coefficient (Wildman–Crippen LogP) is 3.63. The summed E-state index contributed by atoms with van der Waals surface area (Å²) in [6.07, 6.45) is 0. The minimum absolute atomic E-state index is 0.00227. The van der Waals surface area contributed by atoms with Crippen molar-refractivity contribution in [3.05, 3.63) is 75.6 Å². The molecule has 10 heteroatoms. The molecule has 1 N–H and O–H groups in total. The number of nitrogens with one attached hydrogen (secondary N) is 1. The molecule has 1 amide bonds. The standard InChI is InChI=1S/C27H32N2O7S/c1-6-29(7-2)37(33,34)21-10-8-9-19(14-21)26(31)28-25(17(3)4)27(32)35-16-20-15-24(30)36-23-13-18(5)11-12-22(20)23/h8-15,17,25H,6-7,16H2,1-5H3,(H,28,31)/t25-/m0/s1. The number of aryl methyl sites for hydroxylation is 1. The zero-order valence-corrected chi connectivity index (χ0v) is 22.4. The van der Waals surface area contributed by atoms with E-state index in [2.05, 4.69) is 5.32 Å². The van der Waals surface area contributed by atoms with Crippen molar-refractivity contribution in [3.63, 3.8) is 0 Å². The first-order valence-corrected chi connectivity index (χ1v) is 13.5. The number of carbonyl (C=O) groups excluding carboxylic acids is 2. The molecule has 0 unspecified atom stereocenters. The van der Waals surface area contributed by atoms with Gasteiger partial charge < -0.3 is 14.5 Å². The van der Waals surface area contributed by atoms with Gasteiger partial charge in [-0.3, -0.25) is 4.79 Å². The highest BCUT2D eigenvalue weighted by Gasteiger charge is 2.28. The quantitative estimate of drug-likeness (QED) is 0.315. The lowest BCUT2D eigenvalue weighted by Crippen LogP contribution is -2.45. The van der Waals surface area contributed by atoms with Crippen LogP contribution in [-0.2, 0) is 26.2 Å². The van der Waals surface area contributed by atoms with E-state index in [-0.39, 0.29) is 23.0 Å². The molecule has 1 atom stereocenters. The highest BCUT2D eigenvalue weighted by Crippen LogP contribution is 2.20. The number of sulfonamides is 1. The third-order valence-electron chi connectivity index (χ3n) is 6.00. The Kier molecular flexibility index (Phi) is 8.88. The molecule has 0 radical (unpaired) electrons. The molecule has 0 saturated carbocycles. The van der Waals surface area contributed by atoms with Crippen LogP contribution in [0.1, 0.15) is 49.2 Å². The number of ether oxygens (including phenoxy) is 1. The number of carbonyl (C=O) groups is 2. The third-order valence-corrected chi connectivity index (χ3v) is 8.05. The van der Waals surface area contributed by atoms with E-state index >= 15 is 0 Å². The minimum atomic E-state index is -3.75. The van der Waals surface area contributed by atoms with Crippen LogP contribution in [-0.4, -0.2) is 43.7 Å². The van der Waals surface area contributed by atoms with Crippen LogP contribution in [0.3, 0.4) is 0 Å². The molecule has 1 heterocycles. The Balaban J connectivity index is 1.78. The predicted molar refractivity (Wildman–Crippen MR) is 140 cm³/mol. The molecule has 3 aromatic rings. The topological polar surface area (TPSA) is 123 Å². The van der Waals surface area contributed by atoms with Gasteiger partial charge in [0.2, 0.25) is 10.0 Å². The number of fused-ring (bicyclic) bond motifs is 1. The number of nitrogens with zero attached hydrogens (tertiary/aromatic N) is 1. The van der Waals surface area contributed by atoms with Crippen molar-refractivity contribution in [1.82, 2.24) is 9.62 Å². The summed E-state index contributed by atoms with van der Waals surface area (Å²) < 4.78 is 37.7. The summed E-state index contributed by atoms with van der Waals surface area (Å²) in [6.45, 7) is 9.28. The van der Waals surface area contributed by atoms with Crippen molar-refractivity contribution in [2.45, 2.75) is 52.2 Å². The van der Waals surface area contributed by atoms with Crippen molar-refractivity contribution < 1.29 is 27.2 Å². The molecule has 0 aliphatic heterocycles. The molecule has 0 saturated heterocycles. The van der Waals surface area contributed by atoms with Gasteiger partial charge in [-0.15, -0.1) is 0 Å². The van der Waals surface area contributed by atoms with E-state index in [1.807, 2.05) is 13.0 Å². The van der Waals surface area contributed by atoms with Gasteiger partial charge in [-0.05, 0) is 42.7 Å². The molecule has 0 aliphatic rings. The zero-order chi connectivity index (χ0) is 27.3. The van der Waals surface area contributed by atoms with Gasteiger partial charge in [0.15, 0.2) is 0 Å². The Labute approximate surface area is 216 Å². The van der Waals surface area contributed by atoms with Gasteiger partial charge in [-0.2, -0.15) is 4.31 Å². The van der Waals surface area contributed by atoms with E-state index in [1.54, 1.807) is 39.8 Å². The molecule has 1 aromatic heterocycles. The Morgan fingerprint density at radius 3 is 2.41 bits per heavy atom. The van der Waals surface area contributed by atoms with E-state index in [4.69, 9.17) is 9.15 Å². The molecule has 198 valence electrons. The lowest BCUT2D eigenvalue weighted by Gasteiger charge is -2.22. The molecule has 37 heavy (non-hydrogen) atoms. The van der Waals surface area contributed by atoms with Crippen LogP contribution in [0.25, 0.3) is 11.0 Å². The molecule has 0 aliphatic carbocycles. The molecule has 0 bridgehead atoms. The number of benzene rings is 2. The second kappa shape index (κ2) is 11.7. The van der Waals surface area contributed by atoms with Crippen LogP contribution in [0, 0.1) is 12.8 Å². The number of esters is 1. The summed E-state index contributed by atoms with van der Waals surface area (Å²) >= 11 is 0. The van der Waals surface area contributed by atoms with E-state index in [1.165, 1.54) is 34.6 Å². The Morgan fingerprint density at radius 2 is 1.76 bits per heavy atom. The van der Waals surface area contributed by atoms with Crippen LogP contribution in [0.4, 0.5) is 0 Å². The SMILES string of the molecule is CCN(CC)S(=O)(=O)c1cccc(C(=O)N[C@H](C(=O)OCc2cc(=O)oc3cc(C)ccc23)C(C)C)c1. The van der Waals surface area contributed by atoms with Crippen molar-refractivity contribution >= 4 is 32.9 Å². The first-order valence-electron chi connectivity index (χ1n) is 12.1. The summed E-state index contributed by atoms with van der Waals surface area (Å²) in [6, 6.07) is 11.4. The maximum absolute atomic E-state index is 13.0. The number of amides is 1. The van der Waals surface area contributed by atoms with E-state index < -0.39 is 33.6 Å². The summed E-state index contributed by atoms with van der Waals surface area (Å²) in [5.41, 5.74) is 1.35. The first-order chi connectivity index (χ1) is 17.5. The van der Waals surface area contributed by atoms with E-state index in [0.29, 0.717) is 29.6 Å². The minimum Gasteiger partial charge on any atom is -0.459 e. The Morgan fingerprint density at radius 1 is 1.05 bits per heavy atom. The molecule has 2 aromatic carbocycles. The van der Waals surface area contributed by atoms with Gasteiger partial charge in [0.25, 0.3) is 5.91 Å². The molecule has 0 spiro atoms. The van der Waals surface area contributed by atoms with Gasteiger partial charge >= 0.3 is 11.6 Å². The van der Waals surface area contributed by atoms with E-state index in [0.717, 1.165) is 5.56 Å². The van der Waals surface area contributed by atoms with Gasteiger partial charge in [0.1, 0.15) is 18.2 Å². The first kappa shape index (κ1) is 28.1. The molecule has 3 rings (SSSR count). The highest BCUT2D eigenvalue weighted by atomic mass is 32.2. The van der Waals surface area contributed by atoms with Crippen LogP contribution in [0.15, 0.2) is 62.6 Å².